The predicted molar refractivity (Wildman–Crippen MR) is 118 cm³/mol. The summed E-state index contributed by atoms with van der Waals surface area (Å²) in [5.41, 5.74) is 1.70. The number of hydrogen-bond acceptors (Lipinski definition) is 3. The van der Waals surface area contributed by atoms with Gasteiger partial charge in [0.15, 0.2) is 0 Å². The number of hydrogen-bond donors (Lipinski definition) is 0. The van der Waals surface area contributed by atoms with E-state index in [0.29, 0.717) is 19.6 Å². The molecule has 2 amide bonds. The normalized spacial score (nSPS) is 26.3. The number of amides is 2. The summed E-state index contributed by atoms with van der Waals surface area (Å²) < 4.78 is 2.04. The molecule has 164 valence electrons. The predicted octanol–water partition coefficient (Wildman–Crippen LogP) is 3.61. The lowest BCUT2D eigenvalue weighted by Gasteiger charge is -2.42. The fourth-order valence-electron chi connectivity index (χ4n) is 5.61. The monoisotopic (exact) mass is 420 g/mol. The highest BCUT2D eigenvalue weighted by Crippen LogP contribution is 2.51. The van der Waals surface area contributed by atoms with Crippen molar-refractivity contribution in [3.05, 3.63) is 53.9 Å². The van der Waals surface area contributed by atoms with Gasteiger partial charge in [-0.15, -0.1) is 0 Å². The van der Waals surface area contributed by atoms with E-state index in [1.165, 1.54) is 0 Å². The Balaban J connectivity index is 1.50. The number of nitrogens with zero attached hydrogens (tertiary/aromatic N) is 4. The van der Waals surface area contributed by atoms with Crippen LogP contribution < -0.4 is 0 Å². The average molecular weight is 421 g/mol. The number of carbonyl (C=O) groups excluding carboxylic acids is 2. The van der Waals surface area contributed by atoms with Gasteiger partial charge in [-0.05, 0) is 51.2 Å². The maximum Gasteiger partial charge on any atom is 0.231 e. The van der Waals surface area contributed by atoms with Crippen LogP contribution in [-0.2, 0) is 16.1 Å². The van der Waals surface area contributed by atoms with Gasteiger partial charge in [-0.3, -0.25) is 14.3 Å². The summed E-state index contributed by atoms with van der Waals surface area (Å²) in [6, 6.07) is 12.5. The van der Waals surface area contributed by atoms with Crippen molar-refractivity contribution >= 4 is 11.8 Å². The van der Waals surface area contributed by atoms with Crippen LogP contribution in [0.1, 0.15) is 62.7 Å². The summed E-state index contributed by atoms with van der Waals surface area (Å²) in [5.74, 6) is 0.608. The Morgan fingerprint density at radius 3 is 2.68 bits per heavy atom. The molecule has 1 aliphatic carbocycles. The highest BCUT2D eigenvalue weighted by atomic mass is 16.2. The highest BCUT2D eigenvalue weighted by molar-refractivity contribution is 5.88. The molecule has 2 atom stereocenters. The van der Waals surface area contributed by atoms with E-state index in [0.717, 1.165) is 43.5 Å². The molecule has 0 N–H and O–H groups in total. The summed E-state index contributed by atoms with van der Waals surface area (Å²) in [4.78, 5) is 31.1. The molecule has 0 unspecified atom stereocenters. The van der Waals surface area contributed by atoms with Gasteiger partial charge >= 0.3 is 0 Å². The molecule has 5 rings (SSSR count). The van der Waals surface area contributed by atoms with Gasteiger partial charge in [-0.1, -0.05) is 30.3 Å². The van der Waals surface area contributed by atoms with E-state index in [2.05, 4.69) is 37.1 Å². The van der Waals surface area contributed by atoms with Gasteiger partial charge in [0.2, 0.25) is 11.8 Å². The van der Waals surface area contributed by atoms with Crippen LogP contribution in [0, 0.1) is 11.3 Å². The summed E-state index contributed by atoms with van der Waals surface area (Å²) in [7, 11) is 0. The molecule has 0 bridgehead atoms. The number of benzene rings is 1. The van der Waals surface area contributed by atoms with Gasteiger partial charge in [-0.2, -0.15) is 5.10 Å². The van der Waals surface area contributed by atoms with Crippen molar-refractivity contribution in [3.63, 3.8) is 0 Å². The molecule has 0 radical (unpaired) electrons. The SMILES string of the molecule is CC(C)n1nccc1[C@@H]1CN(C(=O)C2CC2)C[C@]12CCCN(Cc1ccccc1)C2=O. The highest BCUT2D eigenvalue weighted by Gasteiger charge is 2.57. The fourth-order valence-corrected chi connectivity index (χ4v) is 5.61. The standard InChI is InChI=1S/C25H32N4O2/c1-18(2)29-22(11-13-26-29)21-16-28(23(30)20-9-10-20)17-25(21)12-6-14-27(24(25)31)15-19-7-4-3-5-8-19/h3-5,7-8,11,13,18,20-21H,6,9-10,12,14-17H2,1-2H3/t21-,25+/m0/s1. The van der Waals surface area contributed by atoms with Crippen LogP contribution in [0.4, 0.5) is 0 Å². The van der Waals surface area contributed by atoms with Crippen LogP contribution in [0.2, 0.25) is 0 Å². The van der Waals surface area contributed by atoms with Crippen LogP contribution in [0.25, 0.3) is 0 Å². The fraction of sp³-hybridized carbons (Fsp3) is 0.560. The zero-order valence-corrected chi connectivity index (χ0v) is 18.5. The first-order chi connectivity index (χ1) is 15.0. The van der Waals surface area contributed by atoms with Crippen molar-refractivity contribution in [2.24, 2.45) is 11.3 Å². The second kappa shape index (κ2) is 7.81. The van der Waals surface area contributed by atoms with Crippen molar-refractivity contribution in [2.75, 3.05) is 19.6 Å². The van der Waals surface area contributed by atoms with Crippen LogP contribution in [0.15, 0.2) is 42.6 Å². The second-order valence-corrected chi connectivity index (χ2v) is 9.81. The minimum absolute atomic E-state index is 0.00817. The summed E-state index contributed by atoms with van der Waals surface area (Å²) in [5, 5.41) is 4.56. The molecule has 2 saturated heterocycles. The molecule has 1 saturated carbocycles. The van der Waals surface area contributed by atoms with E-state index in [4.69, 9.17) is 0 Å². The summed E-state index contributed by atoms with van der Waals surface area (Å²) in [6.45, 7) is 6.82. The van der Waals surface area contributed by atoms with Gasteiger partial charge in [0.05, 0.1) is 5.41 Å². The van der Waals surface area contributed by atoms with E-state index in [1.54, 1.807) is 0 Å². The molecule has 3 heterocycles. The first kappa shape index (κ1) is 20.3. The van der Waals surface area contributed by atoms with E-state index in [-0.39, 0.29) is 29.7 Å². The molecule has 1 aromatic carbocycles. The van der Waals surface area contributed by atoms with Crippen LogP contribution in [0.3, 0.4) is 0 Å². The first-order valence-corrected chi connectivity index (χ1v) is 11.6. The Bertz CT molecular complexity index is 965. The lowest BCUT2D eigenvalue weighted by Crippen LogP contribution is -2.52. The average Bonchev–Trinajstić information content (AvgIpc) is 3.37. The molecular formula is C25H32N4O2. The second-order valence-electron chi connectivity index (χ2n) is 9.81. The van der Waals surface area contributed by atoms with E-state index in [9.17, 15) is 9.59 Å². The van der Waals surface area contributed by atoms with E-state index >= 15 is 0 Å². The lowest BCUT2D eigenvalue weighted by atomic mass is 9.70. The minimum atomic E-state index is -0.551. The molecule has 3 aliphatic rings. The van der Waals surface area contributed by atoms with Gasteiger partial charge in [0.1, 0.15) is 0 Å². The Labute approximate surface area is 184 Å². The third-order valence-electron chi connectivity index (χ3n) is 7.31. The summed E-state index contributed by atoms with van der Waals surface area (Å²) >= 11 is 0. The molecule has 3 fully saturated rings. The van der Waals surface area contributed by atoms with Gasteiger partial charge in [0, 0.05) is 55.9 Å². The van der Waals surface area contributed by atoms with Gasteiger partial charge in [-0.25, -0.2) is 0 Å². The number of aromatic nitrogens is 2. The maximum atomic E-state index is 14.1. The van der Waals surface area contributed by atoms with E-state index < -0.39 is 5.41 Å². The number of carbonyl (C=O) groups is 2. The third kappa shape index (κ3) is 3.56. The largest absolute Gasteiger partial charge is 0.341 e. The van der Waals surface area contributed by atoms with E-state index in [1.807, 2.05) is 38.9 Å². The quantitative estimate of drug-likeness (QED) is 0.743. The van der Waals surface area contributed by atoms with Crippen molar-refractivity contribution < 1.29 is 9.59 Å². The maximum absolute atomic E-state index is 14.1. The molecule has 2 aromatic rings. The van der Waals surface area contributed by atoms with Crippen LogP contribution in [-0.4, -0.2) is 51.0 Å². The first-order valence-electron chi connectivity index (χ1n) is 11.6. The number of piperidine rings is 1. The van der Waals surface area contributed by atoms with Crippen molar-refractivity contribution in [1.29, 1.82) is 0 Å². The molecule has 6 heteroatoms. The molecular weight excluding hydrogens is 388 g/mol. The van der Waals surface area contributed by atoms with Crippen molar-refractivity contribution in [2.45, 2.75) is 58.0 Å². The Hall–Kier alpha value is -2.63. The summed E-state index contributed by atoms with van der Waals surface area (Å²) in [6.07, 6.45) is 5.62. The van der Waals surface area contributed by atoms with Gasteiger partial charge in [0.25, 0.3) is 0 Å². The number of likely N-dealkylation sites (tertiary alicyclic amines) is 2. The molecule has 31 heavy (non-hydrogen) atoms. The lowest BCUT2D eigenvalue weighted by molar-refractivity contribution is -0.148. The third-order valence-corrected chi connectivity index (χ3v) is 7.31. The van der Waals surface area contributed by atoms with Gasteiger partial charge < -0.3 is 9.80 Å². The molecule has 2 aliphatic heterocycles. The molecule has 6 nitrogen and oxygen atoms in total. The molecule has 1 spiro atoms. The van der Waals surface area contributed by atoms with Crippen molar-refractivity contribution in [1.82, 2.24) is 19.6 Å². The van der Waals surface area contributed by atoms with Crippen LogP contribution >= 0.6 is 0 Å². The topological polar surface area (TPSA) is 58.4 Å². The number of rotatable bonds is 5. The zero-order valence-electron chi connectivity index (χ0n) is 18.5. The molecule has 1 aromatic heterocycles. The minimum Gasteiger partial charge on any atom is -0.341 e. The van der Waals surface area contributed by atoms with Crippen molar-refractivity contribution in [3.8, 4) is 0 Å². The smallest absolute Gasteiger partial charge is 0.231 e. The zero-order chi connectivity index (χ0) is 21.6. The Morgan fingerprint density at radius 2 is 1.97 bits per heavy atom. The Morgan fingerprint density at radius 1 is 1.19 bits per heavy atom. The van der Waals surface area contributed by atoms with Crippen LogP contribution in [0.5, 0.6) is 0 Å². The Kier molecular flexibility index (Phi) is 5.11.